The number of carbonyl (C=O) groups is 1. The number of alkyl halides is 3. The Hall–Kier alpha value is -3.83. The molecule has 0 unspecified atom stereocenters. The quantitative estimate of drug-likeness (QED) is 0.373. The lowest BCUT2D eigenvalue weighted by Crippen LogP contribution is -2.17. The average molecular weight is 483 g/mol. The predicted octanol–water partition coefficient (Wildman–Crippen LogP) is 4.85. The molecule has 0 saturated heterocycles. The summed E-state index contributed by atoms with van der Waals surface area (Å²) in [4.78, 5) is 26.3. The largest absolute Gasteiger partial charge is 0.416 e. The van der Waals surface area contributed by atoms with Crippen LogP contribution in [0.4, 0.5) is 18.9 Å². The number of aliphatic hydroxyl groups excluding tert-OH is 1. The Kier molecular flexibility index (Phi) is 5.50. The van der Waals surface area contributed by atoms with Gasteiger partial charge in [0.05, 0.1) is 24.1 Å². The smallest absolute Gasteiger partial charge is 0.389 e. The number of carbonyl (C=O) groups excluding carboxylic acids is 1. The van der Waals surface area contributed by atoms with Crippen LogP contribution < -0.4 is 5.32 Å². The van der Waals surface area contributed by atoms with Crippen LogP contribution in [0.2, 0.25) is 0 Å². The van der Waals surface area contributed by atoms with Crippen molar-refractivity contribution >= 4 is 44.2 Å². The summed E-state index contributed by atoms with van der Waals surface area (Å²) in [7, 11) is 0. The number of thiazole rings is 1. The molecule has 172 valence electrons. The highest BCUT2D eigenvalue weighted by Gasteiger charge is 2.31. The van der Waals surface area contributed by atoms with Crippen molar-refractivity contribution in [2.24, 2.45) is 0 Å². The Labute approximate surface area is 194 Å². The molecule has 0 radical (unpaired) electrons. The van der Waals surface area contributed by atoms with Crippen LogP contribution in [0, 0.1) is 0 Å². The highest BCUT2D eigenvalue weighted by atomic mass is 32.1. The Morgan fingerprint density at radius 3 is 2.65 bits per heavy atom. The van der Waals surface area contributed by atoms with Gasteiger partial charge in [-0.15, -0.1) is 0 Å². The number of pyridine rings is 2. The van der Waals surface area contributed by atoms with Crippen molar-refractivity contribution in [2.75, 3.05) is 5.32 Å². The van der Waals surface area contributed by atoms with Crippen molar-refractivity contribution in [1.82, 2.24) is 19.5 Å². The van der Waals surface area contributed by atoms with Crippen molar-refractivity contribution in [2.45, 2.75) is 19.3 Å². The fourth-order valence-corrected chi connectivity index (χ4v) is 4.41. The second kappa shape index (κ2) is 8.50. The van der Waals surface area contributed by atoms with Crippen molar-refractivity contribution in [3.05, 3.63) is 82.9 Å². The first-order valence-electron chi connectivity index (χ1n) is 10.1. The fourth-order valence-electron chi connectivity index (χ4n) is 3.66. The van der Waals surface area contributed by atoms with Crippen LogP contribution in [-0.2, 0) is 19.3 Å². The van der Waals surface area contributed by atoms with Crippen molar-refractivity contribution in [3.63, 3.8) is 0 Å². The lowest BCUT2D eigenvalue weighted by atomic mass is 10.1. The number of anilines is 1. The molecule has 4 aromatic heterocycles. The number of aromatic nitrogens is 4. The number of aliphatic hydroxyl groups is 1. The van der Waals surface area contributed by atoms with Crippen LogP contribution >= 0.6 is 11.3 Å². The van der Waals surface area contributed by atoms with Gasteiger partial charge >= 0.3 is 6.18 Å². The van der Waals surface area contributed by atoms with Crippen LogP contribution in [0.25, 0.3) is 21.3 Å². The molecule has 0 saturated carbocycles. The van der Waals surface area contributed by atoms with E-state index < -0.39 is 17.6 Å². The van der Waals surface area contributed by atoms with Crippen LogP contribution in [0.5, 0.6) is 0 Å². The predicted molar refractivity (Wildman–Crippen MR) is 122 cm³/mol. The normalized spacial score (nSPS) is 11.9. The number of nitrogens with zero attached hydrogens (tertiary/aromatic N) is 4. The van der Waals surface area contributed by atoms with Gasteiger partial charge in [-0.2, -0.15) is 13.2 Å². The number of amides is 1. The van der Waals surface area contributed by atoms with E-state index in [0.29, 0.717) is 26.4 Å². The number of halogens is 3. The summed E-state index contributed by atoms with van der Waals surface area (Å²) >= 11 is 1.25. The van der Waals surface area contributed by atoms with Gasteiger partial charge < -0.3 is 15.0 Å². The highest BCUT2D eigenvalue weighted by Crippen LogP contribution is 2.33. The van der Waals surface area contributed by atoms with Crippen LogP contribution in [0.3, 0.4) is 0 Å². The Morgan fingerprint density at radius 1 is 1.12 bits per heavy atom. The number of benzene rings is 1. The molecule has 1 aromatic carbocycles. The van der Waals surface area contributed by atoms with E-state index >= 15 is 0 Å². The SMILES string of the molecule is O=C(Nc1cnc2sc(CO)nc2c1)c1cc2ccc(C(F)(F)F)cc2n1Cc1ccncc1. The standard InChI is InChI=1S/C23H16F3N5O2S/c24-23(25,26)15-2-1-14-7-19(31(18(14)8-15)11-13-3-5-27-6-4-13)21(33)29-16-9-17-22(28-10-16)34-20(12-32)30-17/h1-10,32H,11-12H2,(H,29,33). The number of nitrogens with one attached hydrogen (secondary N) is 1. The van der Waals surface area contributed by atoms with E-state index in [-0.39, 0.29) is 24.4 Å². The summed E-state index contributed by atoms with van der Waals surface area (Å²) < 4.78 is 41.6. The molecular formula is C23H16F3N5O2S. The van der Waals surface area contributed by atoms with E-state index in [0.717, 1.165) is 17.7 Å². The zero-order valence-corrected chi connectivity index (χ0v) is 18.2. The second-order valence-electron chi connectivity index (χ2n) is 7.51. The molecule has 0 aliphatic carbocycles. The lowest BCUT2D eigenvalue weighted by molar-refractivity contribution is -0.137. The van der Waals surface area contributed by atoms with E-state index in [4.69, 9.17) is 0 Å². The molecule has 0 atom stereocenters. The maximum Gasteiger partial charge on any atom is 0.416 e. The van der Waals surface area contributed by atoms with E-state index in [2.05, 4.69) is 20.3 Å². The maximum absolute atomic E-state index is 13.4. The molecule has 0 aliphatic heterocycles. The molecule has 0 fully saturated rings. The van der Waals surface area contributed by atoms with Gasteiger partial charge in [-0.05, 0) is 42.0 Å². The second-order valence-corrected chi connectivity index (χ2v) is 8.57. The summed E-state index contributed by atoms with van der Waals surface area (Å²) in [5.74, 6) is -0.502. The minimum Gasteiger partial charge on any atom is -0.389 e. The fraction of sp³-hybridized carbons (Fsp3) is 0.130. The topological polar surface area (TPSA) is 92.9 Å². The van der Waals surface area contributed by atoms with E-state index in [1.54, 1.807) is 41.2 Å². The molecule has 0 bridgehead atoms. The van der Waals surface area contributed by atoms with Gasteiger partial charge in [-0.1, -0.05) is 17.4 Å². The van der Waals surface area contributed by atoms with Crippen molar-refractivity contribution < 1.29 is 23.1 Å². The molecule has 34 heavy (non-hydrogen) atoms. The molecule has 2 N–H and O–H groups in total. The zero-order chi connectivity index (χ0) is 23.9. The number of hydrogen-bond acceptors (Lipinski definition) is 6. The van der Waals surface area contributed by atoms with E-state index in [9.17, 15) is 23.1 Å². The summed E-state index contributed by atoms with van der Waals surface area (Å²) in [6.07, 6.45) is 0.121. The van der Waals surface area contributed by atoms with E-state index in [1.165, 1.54) is 23.6 Å². The highest BCUT2D eigenvalue weighted by molar-refractivity contribution is 7.18. The third-order valence-electron chi connectivity index (χ3n) is 5.24. The summed E-state index contributed by atoms with van der Waals surface area (Å²) in [6.45, 7) is -0.0307. The van der Waals surface area contributed by atoms with Gasteiger partial charge in [0.1, 0.15) is 21.0 Å². The summed E-state index contributed by atoms with van der Waals surface area (Å²) in [6, 6.07) is 10.1. The molecular weight excluding hydrogens is 467 g/mol. The first kappa shape index (κ1) is 22.0. The van der Waals surface area contributed by atoms with Crippen molar-refractivity contribution in [1.29, 1.82) is 0 Å². The molecule has 1 amide bonds. The lowest BCUT2D eigenvalue weighted by Gasteiger charge is -2.12. The first-order valence-corrected chi connectivity index (χ1v) is 10.9. The monoisotopic (exact) mass is 483 g/mol. The van der Waals surface area contributed by atoms with Crippen LogP contribution in [0.1, 0.15) is 26.6 Å². The van der Waals surface area contributed by atoms with Crippen molar-refractivity contribution in [3.8, 4) is 0 Å². The minimum atomic E-state index is -4.51. The maximum atomic E-state index is 13.4. The number of rotatable bonds is 5. The third-order valence-corrected chi connectivity index (χ3v) is 6.20. The molecule has 5 rings (SSSR count). The summed E-state index contributed by atoms with van der Waals surface area (Å²) in [5.41, 5.74) is 1.38. The molecule has 0 aliphatic rings. The number of fused-ring (bicyclic) bond motifs is 2. The Morgan fingerprint density at radius 2 is 1.91 bits per heavy atom. The zero-order valence-electron chi connectivity index (χ0n) is 17.4. The van der Waals surface area contributed by atoms with Gasteiger partial charge in [0.2, 0.25) is 0 Å². The minimum absolute atomic E-state index is 0.180. The van der Waals surface area contributed by atoms with Gasteiger partial charge in [-0.25, -0.2) is 9.97 Å². The molecule has 11 heteroatoms. The van der Waals surface area contributed by atoms with Crippen LogP contribution in [0.15, 0.2) is 61.1 Å². The summed E-state index contributed by atoms with van der Waals surface area (Å²) in [5, 5.41) is 13.0. The Balaban J connectivity index is 1.55. The van der Waals surface area contributed by atoms with Gasteiger partial charge in [0, 0.05) is 29.8 Å². The molecule has 7 nitrogen and oxygen atoms in total. The third kappa shape index (κ3) is 4.22. The van der Waals surface area contributed by atoms with Gasteiger partial charge in [0.15, 0.2) is 0 Å². The Bertz CT molecular complexity index is 1510. The average Bonchev–Trinajstić information content (AvgIpc) is 3.40. The first-order chi connectivity index (χ1) is 16.3. The van der Waals surface area contributed by atoms with E-state index in [1.807, 2.05) is 0 Å². The van der Waals surface area contributed by atoms with Gasteiger partial charge in [-0.3, -0.25) is 9.78 Å². The number of hydrogen-bond donors (Lipinski definition) is 2. The van der Waals surface area contributed by atoms with Gasteiger partial charge in [0.25, 0.3) is 5.91 Å². The molecule has 4 heterocycles. The molecule has 0 spiro atoms. The van der Waals surface area contributed by atoms with Crippen LogP contribution in [-0.4, -0.2) is 30.5 Å². The molecule has 5 aromatic rings.